The zero-order valence-electron chi connectivity index (χ0n) is 17.6. The standard InChI is InChI=1S/C25H24ClNO5/c1-2-13-32-21-10-9-15(14-16(21)26)23-24-17(5-3-7-19(24)28)27(12-11-22(30)31)18-6-4-8-20(29)25(18)23/h1,9-10,14,23H,3-8,11-13H2,(H,30,31)/p-1. The second-order valence-corrected chi connectivity index (χ2v) is 8.57. The molecule has 0 spiro atoms. The first-order chi connectivity index (χ1) is 15.4. The molecule has 0 saturated heterocycles. The molecule has 0 N–H and O–H groups in total. The molecular formula is C25H23ClNO5-. The van der Waals surface area contributed by atoms with Gasteiger partial charge in [0.25, 0.3) is 0 Å². The SMILES string of the molecule is C#CCOc1ccc(C2C3=C(CCCC3=O)N(CCC(=O)[O-])C3=C2C(=O)CCC3)cc1Cl. The number of carbonyl (C=O) groups excluding carboxylic acids is 3. The first kappa shape index (κ1) is 22.2. The molecule has 0 fully saturated rings. The Balaban J connectivity index is 1.85. The molecule has 4 rings (SSSR count). The van der Waals surface area contributed by atoms with Crippen LogP contribution in [0.25, 0.3) is 0 Å². The molecule has 0 saturated carbocycles. The molecule has 6 nitrogen and oxygen atoms in total. The number of hydrogen-bond donors (Lipinski definition) is 0. The number of halogens is 1. The number of Topliss-reactive ketones (excluding diaryl/α,β-unsaturated/α-hetero) is 2. The summed E-state index contributed by atoms with van der Waals surface area (Å²) in [5.41, 5.74) is 3.55. The lowest BCUT2D eigenvalue weighted by molar-refractivity contribution is -0.305. The van der Waals surface area contributed by atoms with Crippen LogP contribution < -0.4 is 9.84 Å². The van der Waals surface area contributed by atoms with Crippen LogP contribution in [0.5, 0.6) is 5.75 Å². The van der Waals surface area contributed by atoms with E-state index in [0.29, 0.717) is 60.4 Å². The largest absolute Gasteiger partial charge is 0.550 e. The highest BCUT2D eigenvalue weighted by Crippen LogP contribution is 2.49. The van der Waals surface area contributed by atoms with Crippen molar-refractivity contribution in [3.8, 4) is 18.1 Å². The Morgan fingerprint density at radius 2 is 1.75 bits per heavy atom. The summed E-state index contributed by atoms with van der Waals surface area (Å²) in [6.07, 6.45) is 8.60. The third-order valence-electron chi connectivity index (χ3n) is 6.23. The van der Waals surface area contributed by atoms with Gasteiger partial charge in [-0.2, -0.15) is 0 Å². The fraction of sp³-hybridized carbons (Fsp3) is 0.400. The Morgan fingerprint density at radius 3 is 2.28 bits per heavy atom. The van der Waals surface area contributed by atoms with Crippen molar-refractivity contribution in [1.82, 2.24) is 4.90 Å². The molecule has 1 heterocycles. The third kappa shape index (κ3) is 4.05. The van der Waals surface area contributed by atoms with Crippen molar-refractivity contribution in [3.63, 3.8) is 0 Å². The van der Waals surface area contributed by atoms with Crippen LogP contribution in [-0.4, -0.2) is 35.6 Å². The molecule has 2 aliphatic carbocycles. The molecule has 0 atom stereocenters. The maximum Gasteiger partial charge on any atom is 0.161 e. The normalized spacial score (nSPS) is 18.9. The maximum absolute atomic E-state index is 13.1. The molecule has 7 heteroatoms. The Kier molecular flexibility index (Phi) is 6.38. The molecule has 1 aliphatic heterocycles. The van der Waals surface area contributed by atoms with E-state index >= 15 is 0 Å². The smallest absolute Gasteiger partial charge is 0.161 e. The average Bonchev–Trinajstić information content (AvgIpc) is 2.76. The van der Waals surface area contributed by atoms with Crippen LogP contribution in [-0.2, 0) is 14.4 Å². The van der Waals surface area contributed by atoms with Gasteiger partial charge < -0.3 is 19.5 Å². The van der Waals surface area contributed by atoms with Crippen molar-refractivity contribution in [2.75, 3.05) is 13.2 Å². The van der Waals surface area contributed by atoms with Gasteiger partial charge in [0.1, 0.15) is 12.4 Å². The molecule has 0 bridgehead atoms. The van der Waals surface area contributed by atoms with Gasteiger partial charge in [-0.1, -0.05) is 23.6 Å². The van der Waals surface area contributed by atoms with Gasteiger partial charge in [-0.05, 0) is 43.4 Å². The molecule has 0 unspecified atom stereocenters. The Labute approximate surface area is 191 Å². The van der Waals surface area contributed by atoms with Gasteiger partial charge in [0, 0.05) is 60.2 Å². The topological polar surface area (TPSA) is 86.7 Å². The lowest BCUT2D eigenvalue weighted by Gasteiger charge is -2.44. The van der Waals surface area contributed by atoms with Crippen molar-refractivity contribution in [2.45, 2.75) is 50.9 Å². The van der Waals surface area contributed by atoms with Gasteiger partial charge in [-0.3, -0.25) is 9.59 Å². The van der Waals surface area contributed by atoms with Crippen LogP contribution in [0.4, 0.5) is 0 Å². The molecule has 0 aromatic heterocycles. The number of ether oxygens (including phenoxy) is 1. The van der Waals surface area contributed by atoms with Gasteiger partial charge in [0.05, 0.1) is 5.02 Å². The number of rotatable bonds is 6. The molecule has 3 aliphatic rings. The molecule has 1 aromatic carbocycles. The van der Waals surface area contributed by atoms with E-state index in [1.54, 1.807) is 12.1 Å². The zero-order valence-corrected chi connectivity index (χ0v) is 18.4. The summed E-state index contributed by atoms with van der Waals surface area (Å²) in [5, 5.41) is 11.5. The monoisotopic (exact) mass is 452 g/mol. The van der Waals surface area contributed by atoms with Crippen LogP contribution in [0.3, 0.4) is 0 Å². The van der Waals surface area contributed by atoms with E-state index in [9.17, 15) is 19.5 Å². The maximum atomic E-state index is 13.1. The quantitative estimate of drug-likeness (QED) is 0.617. The summed E-state index contributed by atoms with van der Waals surface area (Å²) in [5.74, 6) is 1.14. The zero-order chi connectivity index (χ0) is 22.8. The highest BCUT2D eigenvalue weighted by Gasteiger charge is 2.43. The molecule has 0 radical (unpaired) electrons. The van der Waals surface area contributed by atoms with Crippen molar-refractivity contribution >= 4 is 29.1 Å². The van der Waals surface area contributed by atoms with Crippen molar-refractivity contribution < 1.29 is 24.2 Å². The summed E-state index contributed by atoms with van der Waals surface area (Å²) in [6.45, 7) is 0.268. The Bertz CT molecular complexity index is 1050. The first-order valence-corrected chi connectivity index (χ1v) is 11.2. The number of carbonyl (C=O) groups is 3. The van der Waals surface area contributed by atoms with Crippen molar-refractivity contribution in [2.24, 2.45) is 0 Å². The number of terminal acetylenes is 1. The predicted molar refractivity (Wildman–Crippen MR) is 117 cm³/mol. The number of allylic oxidation sites excluding steroid dienone is 4. The number of carboxylic acid groups (broad SMARTS) is 1. The van der Waals surface area contributed by atoms with Crippen LogP contribution >= 0.6 is 11.6 Å². The van der Waals surface area contributed by atoms with Gasteiger partial charge in [0.2, 0.25) is 0 Å². The minimum Gasteiger partial charge on any atom is -0.550 e. The number of ketones is 2. The highest BCUT2D eigenvalue weighted by molar-refractivity contribution is 6.32. The highest BCUT2D eigenvalue weighted by atomic mass is 35.5. The number of benzene rings is 1. The average molecular weight is 453 g/mol. The van der Waals surface area contributed by atoms with Crippen LogP contribution in [0.15, 0.2) is 40.7 Å². The van der Waals surface area contributed by atoms with Gasteiger partial charge in [-0.15, -0.1) is 6.42 Å². The predicted octanol–water partition coefficient (Wildman–Crippen LogP) is 2.91. The first-order valence-electron chi connectivity index (χ1n) is 10.8. The van der Waals surface area contributed by atoms with Crippen molar-refractivity contribution in [1.29, 1.82) is 0 Å². The van der Waals surface area contributed by atoms with E-state index < -0.39 is 11.9 Å². The summed E-state index contributed by atoms with van der Waals surface area (Å²) in [7, 11) is 0. The second kappa shape index (κ2) is 9.22. The molecule has 32 heavy (non-hydrogen) atoms. The lowest BCUT2D eigenvalue weighted by atomic mass is 9.71. The number of aliphatic carboxylic acids is 1. The van der Waals surface area contributed by atoms with E-state index in [-0.39, 0.29) is 31.1 Å². The van der Waals surface area contributed by atoms with E-state index in [1.807, 2.05) is 11.0 Å². The molecule has 166 valence electrons. The summed E-state index contributed by atoms with van der Waals surface area (Å²) in [4.78, 5) is 39.4. The summed E-state index contributed by atoms with van der Waals surface area (Å²) >= 11 is 6.44. The molecular weight excluding hydrogens is 430 g/mol. The van der Waals surface area contributed by atoms with Crippen molar-refractivity contribution in [3.05, 3.63) is 51.3 Å². The lowest BCUT2D eigenvalue weighted by Crippen LogP contribution is -2.40. The minimum absolute atomic E-state index is 0.0107. The molecule has 1 aromatic rings. The van der Waals surface area contributed by atoms with Crippen LogP contribution in [0.1, 0.15) is 56.4 Å². The van der Waals surface area contributed by atoms with Gasteiger partial charge in [-0.25, -0.2) is 0 Å². The van der Waals surface area contributed by atoms with E-state index in [2.05, 4.69) is 5.92 Å². The fourth-order valence-corrected chi connectivity index (χ4v) is 5.20. The van der Waals surface area contributed by atoms with E-state index in [0.717, 1.165) is 17.0 Å². The van der Waals surface area contributed by atoms with E-state index in [4.69, 9.17) is 22.8 Å². The van der Waals surface area contributed by atoms with E-state index in [1.165, 1.54) is 0 Å². The van der Waals surface area contributed by atoms with Gasteiger partial charge in [0.15, 0.2) is 11.6 Å². The van der Waals surface area contributed by atoms with Crippen LogP contribution in [0.2, 0.25) is 5.02 Å². The van der Waals surface area contributed by atoms with Gasteiger partial charge >= 0.3 is 0 Å². The number of hydrogen-bond acceptors (Lipinski definition) is 6. The third-order valence-corrected chi connectivity index (χ3v) is 6.52. The summed E-state index contributed by atoms with van der Waals surface area (Å²) < 4.78 is 5.46. The minimum atomic E-state index is -1.16. The Hall–Kier alpha value is -3.04. The summed E-state index contributed by atoms with van der Waals surface area (Å²) in [6, 6.07) is 5.25. The Morgan fingerprint density at radius 1 is 1.12 bits per heavy atom. The fourth-order valence-electron chi connectivity index (χ4n) is 4.96. The number of nitrogens with zero attached hydrogens (tertiary/aromatic N) is 1. The van der Waals surface area contributed by atoms with Crippen LogP contribution in [0, 0.1) is 12.3 Å². The second-order valence-electron chi connectivity index (χ2n) is 8.16. The number of carboxylic acids is 1. The molecule has 0 amide bonds.